The third-order valence-corrected chi connectivity index (χ3v) is 6.03. The minimum atomic E-state index is 0.428. The molecule has 0 atom stereocenters. The Hall–Kier alpha value is -2.92. The standard InChI is InChI=1S/C24H27N5/c1-24(2)8-3-9-29(15-24)14-16-4-6-17(7-5-16)18-10-20-19-11-22(25)26-13-21(19)28-23(20)27-12-18/h4-7,10-13H,3,8-9,14-15H2,1-2H3,(H2,25,26)(H,27,28). The first-order valence-electron chi connectivity index (χ1n) is 10.3. The zero-order valence-corrected chi connectivity index (χ0v) is 17.1. The zero-order chi connectivity index (χ0) is 20.0. The number of rotatable bonds is 3. The molecule has 1 aliphatic rings. The van der Waals surface area contributed by atoms with Crippen LogP contribution < -0.4 is 5.73 Å². The predicted octanol–water partition coefficient (Wildman–Crippen LogP) is 4.98. The summed E-state index contributed by atoms with van der Waals surface area (Å²) in [5, 5.41) is 2.14. The molecule has 1 aliphatic heterocycles. The fourth-order valence-corrected chi connectivity index (χ4v) is 4.59. The smallest absolute Gasteiger partial charge is 0.138 e. The van der Waals surface area contributed by atoms with Gasteiger partial charge in [0.2, 0.25) is 0 Å². The molecule has 3 aromatic heterocycles. The van der Waals surface area contributed by atoms with Crippen molar-refractivity contribution in [3.63, 3.8) is 0 Å². The summed E-state index contributed by atoms with van der Waals surface area (Å²) in [6.07, 6.45) is 6.31. The molecule has 1 aromatic carbocycles. The minimum absolute atomic E-state index is 0.428. The molecular formula is C24H27N5. The van der Waals surface area contributed by atoms with E-state index in [0.717, 1.165) is 34.0 Å². The summed E-state index contributed by atoms with van der Waals surface area (Å²) in [6, 6.07) is 13.0. The van der Waals surface area contributed by atoms with E-state index in [1.54, 1.807) is 6.20 Å². The first-order chi connectivity index (χ1) is 14.0. The summed E-state index contributed by atoms with van der Waals surface area (Å²) in [7, 11) is 0. The Balaban J connectivity index is 1.41. The molecule has 29 heavy (non-hydrogen) atoms. The fourth-order valence-electron chi connectivity index (χ4n) is 4.59. The number of benzene rings is 1. The van der Waals surface area contributed by atoms with E-state index in [1.807, 2.05) is 12.3 Å². The molecule has 5 heteroatoms. The van der Waals surface area contributed by atoms with Crippen LogP contribution in [0.2, 0.25) is 0 Å². The molecule has 0 bridgehead atoms. The number of fused-ring (bicyclic) bond motifs is 3. The van der Waals surface area contributed by atoms with E-state index >= 15 is 0 Å². The minimum Gasteiger partial charge on any atom is -0.384 e. The zero-order valence-electron chi connectivity index (χ0n) is 17.1. The van der Waals surface area contributed by atoms with Gasteiger partial charge in [-0.2, -0.15) is 0 Å². The maximum Gasteiger partial charge on any atom is 0.138 e. The Morgan fingerprint density at radius 1 is 1.03 bits per heavy atom. The van der Waals surface area contributed by atoms with Gasteiger partial charge < -0.3 is 10.7 Å². The Labute approximate surface area is 171 Å². The highest BCUT2D eigenvalue weighted by molar-refractivity contribution is 6.07. The van der Waals surface area contributed by atoms with Gasteiger partial charge in [-0.05, 0) is 48.1 Å². The van der Waals surface area contributed by atoms with Crippen LogP contribution in [0.15, 0.2) is 48.8 Å². The lowest BCUT2D eigenvalue weighted by Crippen LogP contribution is -2.39. The number of aromatic nitrogens is 3. The number of nitrogens with zero attached hydrogens (tertiary/aromatic N) is 3. The number of anilines is 1. The molecule has 1 fully saturated rings. The number of piperidine rings is 1. The van der Waals surface area contributed by atoms with Gasteiger partial charge in [-0.15, -0.1) is 0 Å². The van der Waals surface area contributed by atoms with E-state index < -0.39 is 0 Å². The molecular weight excluding hydrogens is 358 g/mol. The van der Waals surface area contributed by atoms with Crippen LogP contribution in [-0.2, 0) is 6.54 Å². The molecule has 5 nitrogen and oxygen atoms in total. The predicted molar refractivity (Wildman–Crippen MR) is 120 cm³/mol. The number of nitrogens with two attached hydrogens (primary N) is 1. The molecule has 4 aromatic rings. The van der Waals surface area contributed by atoms with Gasteiger partial charge in [-0.3, -0.25) is 4.90 Å². The lowest BCUT2D eigenvalue weighted by molar-refractivity contribution is 0.112. The van der Waals surface area contributed by atoms with Crippen molar-refractivity contribution in [3.05, 3.63) is 54.4 Å². The first kappa shape index (κ1) is 18.1. The molecule has 0 radical (unpaired) electrons. The number of nitrogen functional groups attached to an aromatic ring is 1. The molecule has 148 valence electrons. The molecule has 0 amide bonds. The lowest BCUT2D eigenvalue weighted by Gasteiger charge is -2.38. The number of likely N-dealkylation sites (tertiary alicyclic amines) is 1. The Bertz CT molecular complexity index is 1170. The highest BCUT2D eigenvalue weighted by atomic mass is 15.1. The van der Waals surface area contributed by atoms with Crippen LogP contribution in [0.4, 0.5) is 5.82 Å². The van der Waals surface area contributed by atoms with Crippen LogP contribution in [0.25, 0.3) is 33.1 Å². The number of hydrogen-bond acceptors (Lipinski definition) is 4. The van der Waals surface area contributed by atoms with Crippen molar-refractivity contribution in [2.45, 2.75) is 33.2 Å². The van der Waals surface area contributed by atoms with Crippen molar-refractivity contribution in [1.29, 1.82) is 0 Å². The van der Waals surface area contributed by atoms with E-state index in [1.165, 1.54) is 37.1 Å². The van der Waals surface area contributed by atoms with Crippen LogP contribution in [-0.4, -0.2) is 32.9 Å². The van der Waals surface area contributed by atoms with Crippen molar-refractivity contribution >= 4 is 27.8 Å². The Kier molecular flexibility index (Phi) is 4.28. The van der Waals surface area contributed by atoms with Gasteiger partial charge in [0.15, 0.2) is 0 Å². The molecule has 0 aliphatic carbocycles. The number of aromatic amines is 1. The SMILES string of the molecule is CC1(C)CCCN(Cc2ccc(-c3cnc4[nH]c5cnc(N)cc5c4c3)cc2)C1. The van der Waals surface area contributed by atoms with Crippen LogP contribution in [0.1, 0.15) is 32.3 Å². The summed E-state index contributed by atoms with van der Waals surface area (Å²) in [6.45, 7) is 8.15. The highest BCUT2D eigenvalue weighted by Gasteiger charge is 2.26. The largest absolute Gasteiger partial charge is 0.384 e. The Morgan fingerprint density at radius 3 is 2.66 bits per heavy atom. The second-order valence-electron chi connectivity index (χ2n) is 9.08. The van der Waals surface area contributed by atoms with Crippen LogP contribution in [0.5, 0.6) is 0 Å². The first-order valence-corrected chi connectivity index (χ1v) is 10.3. The monoisotopic (exact) mass is 385 g/mol. The molecule has 5 rings (SSSR count). The van der Waals surface area contributed by atoms with Crippen LogP contribution in [0.3, 0.4) is 0 Å². The fraction of sp³-hybridized carbons (Fsp3) is 0.333. The van der Waals surface area contributed by atoms with Crippen LogP contribution >= 0.6 is 0 Å². The second-order valence-corrected chi connectivity index (χ2v) is 9.08. The van der Waals surface area contributed by atoms with E-state index in [0.29, 0.717) is 11.2 Å². The van der Waals surface area contributed by atoms with Crippen molar-refractivity contribution in [2.24, 2.45) is 5.41 Å². The number of pyridine rings is 2. The van der Waals surface area contributed by atoms with E-state index in [-0.39, 0.29) is 0 Å². The average Bonchev–Trinajstić information content (AvgIpc) is 3.05. The normalized spacial score (nSPS) is 17.2. The van der Waals surface area contributed by atoms with Gasteiger partial charge in [-0.1, -0.05) is 38.1 Å². The quantitative estimate of drug-likeness (QED) is 0.522. The van der Waals surface area contributed by atoms with Gasteiger partial charge in [0.05, 0.1) is 11.7 Å². The van der Waals surface area contributed by atoms with E-state index in [2.05, 4.69) is 64.0 Å². The number of hydrogen-bond donors (Lipinski definition) is 2. The summed E-state index contributed by atoms with van der Waals surface area (Å²) in [5.74, 6) is 0.522. The van der Waals surface area contributed by atoms with Crippen molar-refractivity contribution < 1.29 is 0 Å². The topological polar surface area (TPSA) is 70.8 Å². The summed E-state index contributed by atoms with van der Waals surface area (Å²) in [4.78, 5) is 14.7. The molecule has 1 saturated heterocycles. The molecule has 4 heterocycles. The van der Waals surface area contributed by atoms with Crippen LogP contribution in [0, 0.1) is 5.41 Å². The number of H-pyrrole nitrogens is 1. The average molecular weight is 386 g/mol. The van der Waals surface area contributed by atoms with Crippen molar-refractivity contribution in [1.82, 2.24) is 19.9 Å². The van der Waals surface area contributed by atoms with Crippen molar-refractivity contribution in [3.8, 4) is 11.1 Å². The molecule has 0 spiro atoms. The van der Waals surface area contributed by atoms with E-state index in [9.17, 15) is 0 Å². The molecule has 3 N–H and O–H groups in total. The van der Waals surface area contributed by atoms with Gasteiger partial charge in [0.1, 0.15) is 11.5 Å². The highest BCUT2D eigenvalue weighted by Crippen LogP contribution is 2.31. The third-order valence-electron chi connectivity index (χ3n) is 6.03. The van der Waals surface area contributed by atoms with E-state index in [4.69, 9.17) is 5.73 Å². The third kappa shape index (κ3) is 3.58. The summed E-state index contributed by atoms with van der Waals surface area (Å²) < 4.78 is 0. The number of nitrogens with one attached hydrogen (secondary N) is 1. The molecule has 0 saturated carbocycles. The van der Waals surface area contributed by atoms with Gasteiger partial charge in [0.25, 0.3) is 0 Å². The Morgan fingerprint density at radius 2 is 1.86 bits per heavy atom. The van der Waals surface area contributed by atoms with Gasteiger partial charge >= 0.3 is 0 Å². The second kappa shape index (κ2) is 6.85. The molecule has 0 unspecified atom stereocenters. The summed E-state index contributed by atoms with van der Waals surface area (Å²) in [5.41, 5.74) is 11.8. The van der Waals surface area contributed by atoms with Gasteiger partial charge in [0, 0.05) is 35.6 Å². The van der Waals surface area contributed by atoms with Gasteiger partial charge in [-0.25, -0.2) is 9.97 Å². The van der Waals surface area contributed by atoms with Crippen molar-refractivity contribution in [2.75, 3.05) is 18.8 Å². The summed E-state index contributed by atoms with van der Waals surface area (Å²) >= 11 is 0. The maximum absolute atomic E-state index is 5.88. The maximum atomic E-state index is 5.88. The lowest BCUT2D eigenvalue weighted by atomic mass is 9.84.